The van der Waals surface area contributed by atoms with Crippen LogP contribution in [-0.4, -0.2) is 17.1 Å². The van der Waals surface area contributed by atoms with Gasteiger partial charge in [0.05, 0.1) is 17.8 Å². The van der Waals surface area contributed by atoms with Crippen molar-refractivity contribution < 1.29 is 9.53 Å². The summed E-state index contributed by atoms with van der Waals surface area (Å²) in [7, 11) is 1.55. The molecule has 0 amide bonds. The van der Waals surface area contributed by atoms with Crippen LogP contribution in [0.3, 0.4) is 0 Å². The highest BCUT2D eigenvalue weighted by molar-refractivity contribution is 6.03. The zero-order chi connectivity index (χ0) is 14.7. The van der Waals surface area contributed by atoms with Gasteiger partial charge < -0.3 is 9.30 Å². The SMILES string of the molecule is CCOC(=O)c1c(N=[N+]=[N-])c2ccccc2n(C)c1=O. The van der Waals surface area contributed by atoms with Gasteiger partial charge >= 0.3 is 5.97 Å². The predicted octanol–water partition coefficient (Wildman–Crippen LogP) is 2.66. The second-order valence-electron chi connectivity index (χ2n) is 4.01. The molecule has 0 aliphatic rings. The highest BCUT2D eigenvalue weighted by Crippen LogP contribution is 2.28. The summed E-state index contributed by atoms with van der Waals surface area (Å²) in [6, 6.07) is 6.88. The Hall–Kier alpha value is -2.79. The average molecular weight is 272 g/mol. The largest absolute Gasteiger partial charge is 0.462 e. The third kappa shape index (κ3) is 2.10. The summed E-state index contributed by atoms with van der Waals surface area (Å²) >= 11 is 0. The molecule has 1 aromatic carbocycles. The van der Waals surface area contributed by atoms with Gasteiger partial charge in [-0.2, -0.15) is 0 Å². The van der Waals surface area contributed by atoms with Gasteiger partial charge in [-0.15, -0.1) is 0 Å². The molecule has 0 N–H and O–H groups in total. The predicted molar refractivity (Wildman–Crippen MR) is 74.0 cm³/mol. The quantitative estimate of drug-likeness (QED) is 0.371. The van der Waals surface area contributed by atoms with E-state index in [4.69, 9.17) is 10.3 Å². The molecule has 7 heteroatoms. The Kier molecular flexibility index (Phi) is 3.72. The van der Waals surface area contributed by atoms with Crippen molar-refractivity contribution in [2.75, 3.05) is 6.61 Å². The van der Waals surface area contributed by atoms with Gasteiger partial charge in [-0.3, -0.25) is 4.79 Å². The Morgan fingerprint density at radius 3 is 2.80 bits per heavy atom. The minimum Gasteiger partial charge on any atom is -0.462 e. The van der Waals surface area contributed by atoms with E-state index >= 15 is 0 Å². The van der Waals surface area contributed by atoms with Gasteiger partial charge in [0.1, 0.15) is 5.56 Å². The van der Waals surface area contributed by atoms with E-state index in [1.807, 2.05) is 0 Å². The van der Waals surface area contributed by atoms with Crippen molar-refractivity contribution in [2.45, 2.75) is 6.92 Å². The molecule has 2 rings (SSSR count). The van der Waals surface area contributed by atoms with Crippen molar-refractivity contribution in [3.05, 3.63) is 50.6 Å². The summed E-state index contributed by atoms with van der Waals surface area (Å²) in [5, 5.41) is 4.03. The Bertz CT molecular complexity index is 788. The highest BCUT2D eigenvalue weighted by atomic mass is 16.5. The molecule has 0 radical (unpaired) electrons. The monoisotopic (exact) mass is 272 g/mol. The lowest BCUT2D eigenvalue weighted by molar-refractivity contribution is 0.0525. The molecule has 0 aliphatic heterocycles. The first-order chi connectivity index (χ1) is 9.61. The Morgan fingerprint density at radius 1 is 1.45 bits per heavy atom. The maximum Gasteiger partial charge on any atom is 0.344 e. The van der Waals surface area contributed by atoms with Crippen LogP contribution in [0.15, 0.2) is 34.2 Å². The highest BCUT2D eigenvalue weighted by Gasteiger charge is 2.21. The average Bonchev–Trinajstić information content (AvgIpc) is 2.45. The van der Waals surface area contributed by atoms with Gasteiger partial charge in [0, 0.05) is 17.3 Å². The molecule has 1 heterocycles. The van der Waals surface area contributed by atoms with Gasteiger partial charge in [0.2, 0.25) is 0 Å². The number of para-hydroxylation sites is 1. The number of hydrogen-bond acceptors (Lipinski definition) is 4. The number of azide groups is 1. The van der Waals surface area contributed by atoms with E-state index in [1.54, 1.807) is 38.2 Å². The van der Waals surface area contributed by atoms with Gasteiger partial charge in [-0.1, -0.05) is 23.3 Å². The molecule has 1 aromatic heterocycles. The van der Waals surface area contributed by atoms with Crippen molar-refractivity contribution in [2.24, 2.45) is 12.2 Å². The summed E-state index contributed by atoms with van der Waals surface area (Å²) < 4.78 is 6.20. The number of aryl methyl sites for hydroxylation is 1. The molecule has 2 aromatic rings. The van der Waals surface area contributed by atoms with Crippen molar-refractivity contribution in [3.63, 3.8) is 0 Å². The molecular formula is C13H12N4O3. The maximum absolute atomic E-state index is 12.3. The third-order valence-corrected chi connectivity index (χ3v) is 2.90. The first kappa shape index (κ1) is 13.6. The van der Waals surface area contributed by atoms with E-state index in [0.29, 0.717) is 10.9 Å². The number of carbonyl (C=O) groups is 1. The third-order valence-electron chi connectivity index (χ3n) is 2.90. The Balaban J connectivity index is 2.95. The fourth-order valence-electron chi connectivity index (χ4n) is 2.02. The zero-order valence-electron chi connectivity index (χ0n) is 11.0. The van der Waals surface area contributed by atoms with Crippen LogP contribution in [0.25, 0.3) is 21.3 Å². The number of fused-ring (bicyclic) bond motifs is 1. The lowest BCUT2D eigenvalue weighted by atomic mass is 10.1. The molecule has 0 fully saturated rings. The summed E-state index contributed by atoms with van der Waals surface area (Å²) in [4.78, 5) is 26.9. The molecule has 0 spiro atoms. The van der Waals surface area contributed by atoms with Gasteiger partial charge in [0.25, 0.3) is 5.56 Å². The molecule has 0 saturated carbocycles. The van der Waals surface area contributed by atoms with Crippen LogP contribution in [0.2, 0.25) is 0 Å². The van der Waals surface area contributed by atoms with Gasteiger partial charge in [-0.05, 0) is 18.5 Å². The van der Waals surface area contributed by atoms with Crippen LogP contribution in [0.5, 0.6) is 0 Å². The topological polar surface area (TPSA) is 97.1 Å². The molecule has 20 heavy (non-hydrogen) atoms. The molecule has 0 saturated heterocycles. The molecule has 0 aliphatic carbocycles. The van der Waals surface area contributed by atoms with E-state index in [-0.39, 0.29) is 17.9 Å². The van der Waals surface area contributed by atoms with Crippen molar-refractivity contribution in [3.8, 4) is 0 Å². The van der Waals surface area contributed by atoms with E-state index in [1.165, 1.54) is 4.57 Å². The number of pyridine rings is 1. The molecule has 0 bridgehead atoms. The van der Waals surface area contributed by atoms with Crippen LogP contribution in [-0.2, 0) is 11.8 Å². The minimum atomic E-state index is -0.791. The summed E-state index contributed by atoms with van der Waals surface area (Å²) in [5.74, 6) is -0.791. The van der Waals surface area contributed by atoms with Crippen molar-refractivity contribution in [1.82, 2.24) is 4.57 Å². The Labute approximate surface area is 114 Å². The fraction of sp³-hybridized carbons (Fsp3) is 0.231. The molecule has 7 nitrogen and oxygen atoms in total. The first-order valence-electron chi connectivity index (χ1n) is 5.95. The van der Waals surface area contributed by atoms with Gasteiger partial charge in [-0.25, -0.2) is 4.79 Å². The molecule has 0 atom stereocenters. The summed E-state index contributed by atoms with van der Waals surface area (Å²) in [6.45, 7) is 1.77. The van der Waals surface area contributed by atoms with Crippen molar-refractivity contribution in [1.29, 1.82) is 0 Å². The zero-order valence-corrected chi connectivity index (χ0v) is 11.0. The second kappa shape index (κ2) is 5.46. The number of carbonyl (C=O) groups excluding carboxylic acids is 1. The number of rotatable bonds is 3. The second-order valence-corrected chi connectivity index (χ2v) is 4.01. The van der Waals surface area contributed by atoms with Crippen LogP contribution < -0.4 is 5.56 Å². The Morgan fingerprint density at radius 2 is 2.15 bits per heavy atom. The van der Waals surface area contributed by atoms with Crippen LogP contribution >= 0.6 is 0 Å². The number of esters is 1. The molecule has 0 unspecified atom stereocenters. The number of benzene rings is 1. The summed E-state index contributed by atoms with van der Waals surface area (Å²) in [5.41, 5.74) is 8.46. The minimum absolute atomic E-state index is 0.00431. The molecular weight excluding hydrogens is 260 g/mol. The lowest BCUT2D eigenvalue weighted by Gasteiger charge is -2.11. The normalized spacial score (nSPS) is 10.1. The maximum atomic E-state index is 12.3. The van der Waals surface area contributed by atoms with E-state index in [9.17, 15) is 9.59 Å². The van der Waals surface area contributed by atoms with Crippen LogP contribution in [0.1, 0.15) is 17.3 Å². The van der Waals surface area contributed by atoms with E-state index in [2.05, 4.69) is 10.0 Å². The standard InChI is InChI=1S/C13H12N4O3/c1-3-20-13(19)10-11(15-16-14)8-6-4-5-7-9(8)17(2)12(10)18/h4-7H,3H2,1-2H3. The van der Waals surface area contributed by atoms with Crippen LogP contribution in [0.4, 0.5) is 5.69 Å². The smallest absolute Gasteiger partial charge is 0.344 e. The number of aromatic nitrogens is 1. The van der Waals surface area contributed by atoms with Crippen LogP contribution in [0, 0.1) is 0 Å². The number of hydrogen-bond donors (Lipinski definition) is 0. The van der Waals surface area contributed by atoms with Gasteiger partial charge in [0.15, 0.2) is 0 Å². The van der Waals surface area contributed by atoms with E-state index in [0.717, 1.165) is 0 Å². The lowest BCUT2D eigenvalue weighted by Crippen LogP contribution is -2.26. The number of ether oxygens (including phenoxy) is 1. The molecule has 102 valence electrons. The fourth-order valence-corrected chi connectivity index (χ4v) is 2.02. The van der Waals surface area contributed by atoms with E-state index < -0.39 is 11.5 Å². The summed E-state index contributed by atoms with van der Waals surface area (Å²) in [6.07, 6.45) is 0. The number of nitrogens with zero attached hydrogens (tertiary/aromatic N) is 4. The first-order valence-corrected chi connectivity index (χ1v) is 5.95. The van der Waals surface area contributed by atoms with Crippen molar-refractivity contribution >= 4 is 22.6 Å².